The van der Waals surface area contributed by atoms with E-state index in [2.05, 4.69) is 11.8 Å². The summed E-state index contributed by atoms with van der Waals surface area (Å²) in [6, 6.07) is 7.22. The maximum Gasteiger partial charge on any atom is 0.162 e. The van der Waals surface area contributed by atoms with Gasteiger partial charge in [-0.1, -0.05) is 25.2 Å². The Morgan fingerprint density at radius 2 is 2.04 bits per heavy atom. The fourth-order valence-corrected chi connectivity index (χ4v) is 2.85. The highest BCUT2D eigenvalue weighted by atomic mass is 32.1. The van der Waals surface area contributed by atoms with Crippen molar-refractivity contribution in [2.24, 2.45) is 0 Å². The zero-order valence-electron chi connectivity index (χ0n) is 12.8. The van der Waals surface area contributed by atoms with E-state index in [0.29, 0.717) is 13.0 Å². The van der Waals surface area contributed by atoms with Crippen LogP contribution in [0, 0.1) is 23.5 Å². The molecule has 122 valence electrons. The van der Waals surface area contributed by atoms with Gasteiger partial charge in [0.15, 0.2) is 11.6 Å². The summed E-state index contributed by atoms with van der Waals surface area (Å²) in [6.07, 6.45) is 1.73. The average Bonchev–Trinajstić information content (AvgIpc) is 3.00. The van der Waals surface area contributed by atoms with Crippen LogP contribution < -0.4 is 4.74 Å². The minimum absolute atomic E-state index is 0.284. The van der Waals surface area contributed by atoms with Crippen molar-refractivity contribution in [2.75, 3.05) is 6.61 Å². The molecule has 2 rings (SSSR count). The first-order valence-corrected chi connectivity index (χ1v) is 8.26. The fourth-order valence-electron chi connectivity index (χ4n) is 1.95. The Bertz CT molecular complexity index is 701. The van der Waals surface area contributed by atoms with Crippen LogP contribution in [0.3, 0.4) is 0 Å². The van der Waals surface area contributed by atoms with E-state index in [4.69, 9.17) is 4.74 Å². The highest BCUT2D eigenvalue weighted by Crippen LogP contribution is 2.25. The van der Waals surface area contributed by atoms with Gasteiger partial charge < -0.3 is 9.84 Å². The molecule has 1 unspecified atom stereocenters. The Labute approximate surface area is 138 Å². The van der Waals surface area contributed by atoms with Crippen molar-refractivity contribution in [3.63, 3.8) is 0 Å². The summed E-state index contributed by atoms with van der Waals surface area (Å²) >= 11 is 1.48. The third-order valence-corrected chi connectivity index (χ3v) is 4.22. The van der Waals surface area contributed by atoms with Crippen LogP contribution in [0.15, 0.2) is 30.3 Å². The number of aliphatic hydroxyl groups is 1. The molecule has 0 aliphatic carbocycles. The first-order valence-electron chi connectivity index (χ1n) is 7.44. The summed E-state index contributed by atoms with van der Waals surface area (Å²) in [6.45, 7) is 2.33. The minimum Gasteiger partial charge on any atom is -0.492 e. The maximum absolute atomic E-state index is 13.0. The Hall–Kier alpha value is -1.90. The van der Waals surface area contributed by atoms with E-state index in [0.717, 1.165) is 34.7 Å². The molecule has 0 fully saturated rings. The Kier molecular flexibility index (Phi) is 6.57. The molecule has 0 spiro atoms. The van der Waals surface area contributed by atoms with Crippen LogP contribution >= 0.6 is 11.3 Å². The largest absolute Gasteiger partial charge is 0.492 e. The predicted octanol–water partition coefficient (Wildman–Crippen LogP) is 4.68. The highest BCUT2D eigenvalue weighted by Gasteiger charge is 2.08. The molecule has 1 atom stereocenters. The standard InChI is InChI=1S/C18H18F2O2S/c1-2-5-17(21)18-10-8-14(23-18)6-3-4-11-22-13-7-9-15(19)16(20)12-13/h7-10,12,17,21H,2,4-5,11H2,1H3. The third kappa shape index (κ3) is 5.34. The van der Waals surface area contributed by atoms with Crippen LogP contribution in [0.5, 0.6) is 5.75 Å². The molecule has 0 amide bonds. The summed E-state index contributed by atoms with van der Waals surface area (Å²) in [5.74, 6) is 4.45. The molecule has 1 aromatic heterocycles. The first-order chi connectivity index (χ1) is 11.1. The molecule has 0 radical (unpaired) electrons. The van der Waals surface area contributed by atoms with Gasteiger partial charge in [-0.25, -0.2) is 8.78 Å². The average molecular weight is 336 g/mol. The number of halogens is 2. The number of hydrogen-bond donors (Lipinski definition) is 1. The zero-order chi connectivity index (χ0) is 16.7. The van der Waals surface area contributed by atoms with Crippen molar-refractivity contribution in [1.82, 2.24) is 0 Å². The minimum atomic E-state index is -0.926. The van der Waals surface area contributed by atoms with Crippen LogP contribution in [0.2, 0.25) is 0 Å². The van der Waals surface area contributed by atoms with E-state index in [1.807, 2.05) is 19.1 Å². The van der Waals surface area contributed by atoms with Gasteiger partial charge in [-0.2, -0.15) is 0 Å². The molecule has 0 saturated heterocycles. The van der Waals surface area contributed by atoms with Crippen molar-refractivity contribution in [3.05, 3.63) is 51.7 Å². The van der Waals surface area contributed by atoms with Gasteiger partial charge in [-0.3, -0.25) is 0 Å². The lowest BCUT2D eigenvalue weighted by molar-refractivity contribution is 0.170. The van der Waals surface area contributed by atoms with Crippen molar-refractivity contribution in [3.8, 4) is 17.6 Å². The Morgan fingerprint density at radius 1 is 1.22 bits per heavy atom. The summed E-state index contributed by atoms with van der Waals surface area (Å²) in [7, 11) is 0. The van der Waals surface area contributed by atoms with Gasteiger partial charge in [-0.05, 0) is 30.7 Å². The van der Waals surface area contributed by atoms with E-state index in [1.54, 1.807) is 0 Å². The van der Waals surface area contributed by atoms with Crippen LogP contribution in [-0.2, 0) is 0 Å². The number of ether oxygens (including phenoxy) is 1. The molecule has 1 aromatic carbocycles. The molecule has 2 aromatic rings. The second kappa shape index (κ2) is 8.66. The van der Waals surface area contributed by atoms with Crippen LogP contribution in [0.1, 0.15) is 42.0 Å². The highest BCUT2D eigenvalue weighted by molar-refractivity contribution is 7.12. The first kappa shape index (κ1) is 17.5. The predicted molar refractivity (Wildman–Crippen MR) is 87.5 cm³/mol. The molecule has 0 aliphatic rings. The second-order valence-electron chi connectivity index (χ2n) is 4.98. The lowest BCUT2D eigenvalue weighted by Crippen LogP contribution is -1.97. The molecular formula is C18H18F2O2S. The fraction of sp³-hybridized carbons (Fsp3) is 0.333. The van der Waals surface area contributed by atoms with Gasteiger partial charge >= 0.3 is 0 Å². The van der Waals surface area contributed by atoms with Gasteiger partial charge in [-0.15, -0.1) is 11.3 Å². The van der Waals surface area contributed by atoms with Crippen molar-refractivity contribution < 1.29 is 18.6 Å². The normalized spacial score (nSPS) is 11.7. The number of aliphatic hydroxyl groups excluding tert-OH is 1. The lowest BCUT2D eigenvalue weighted by Gasteiger charge is -2.04. The van der Waals surface area contributed by atoms with Gasteiger partial charge in [0.05, 0.1) is 17.6 Å². The smallest absolute Gasteiger partial charge is 0.162 e. The molecule has 2 nitrogen and oxygen atoms in total. The molecule has 1 N–H and O–H groups in total. The Balaban J connectivity index is 1.80. The number of rotatable bonds is 6. The van der Waals surface area contributed by atoms with Gasteiger partial charge in [0.1, 0.15) is 5.75 Å². The lowest BCUT2D eigenvalue weighted by atomic mass is 10.2. The molecule has 1 heterocycles. The van der Waals surface area contributed by atoms with E-state index in [1.165, 1.54) is 17.4 Å². The van der Waals surface area contributed by atoms with Crippen molar-refractivity contribution in [1.29, 1.82) is 0 Å². The van der Waals surface area contributed by atoms with Gasteiger partial charge in [0.2, 0.25) is 0 Å². The molecule has 5 heteroatoms. The Morgan fingerprint density at radius 3 is 2.78 bits per heavy atom. The topological polar surface area (TPSA) is 29.5 Å². The molecule has 23 heavy (non-hydrogen) atoms. The quantitative estimate of drug-likeness (QED) is 0.613. The molecule has 0 saturated carbocycles. The van der Waals surface area contributed by atoms with Gasteiger partial charge in [0.25, 0.3) is 0 Å². The van der Waals surface area contributed by atoms with Crippen molar-refractivity contribution in [2.45, 2.75) is 32.3 Å². The molecular weight excluding hydrogens is 318 g/mol. The summed E-state index contributed by atoms with van der Waals surface area (Å²) in [4.78, 5) is 1.82. The van der Waals surface area contributed by atoms with E-state index >= 15 is 0 Å². The monoisotopic (exact) mass is 336 g/mol. The summed E-state index contributed by atoms with van der Waals surface area (Å²) in [5.41, 5.74) is 0. The van der Waals surface area contributed by atoms with E-state index in [-0.39, 0.29) is 5.75 Å². The number of benzene rings is 1. The number of thiophene rings is 1. The second-order valence-corrected chi connectivity index (χ2v) is 6.10. The molecule has 0 bridgehead atoms. The van der Waals surface area contributed by atoms with E-state index in [9.17, 15) is 13.9 Å². The van der Waals surface area contributed by atoms with Crippen molar-refractivity contribution >= 4 is 11.3 Å². The van der Waals surface area contributed by atoms with Crippen LogP contribution in [-0.4, -0.2) is 11.7 Å². The number of hydrogen-bond acceptors (Lipinski definition) is 3. The van der Waals surface area contributed by atoms with Crippen LogP contribution in [0.4, 0.5) is 8.78 Å². The maximum atomic E-state index is 13.0. The third-order valence-electron chi connectivity index (χ3n) is 3.12. The molecule has 0 aliphatic heterocycles. The van der Waals surface area contributed by atoms with Crippen LogP contribution in [0.25, 0.3) is 0 Å². The summed E-state index contributed by atoms with van der Waals surface area (Å²) < 4.78 is 31.1. The summed E-state index contributed by atoms with van der Waals surface area (Å²) in [5, 5.41) is 9.90. The zero-order valence-corrected chi connectivity index (χ0v) is 13.6. The van der Waals surface area contributed by atoms with Gasteiger partial charge in [0, 0.05) is 17.4 Å². The SMILES string of the molecule is CCCC(O)c1ccc(C#CCCOc2ccc(F)c(F)c2)s1. The van der Waals surface area contributed by atoms with E-state index < -0.39 is 17.7 Å².